The fourth-order valence-corrected chi connectivity index (χ4v) is 2.16. The van der Waals surface area contributed by atoms with Gasteiger partial charge in [0.1, 0.15) is 0 Å². The summed E-state index contributed by atoms with van der Waals surface area (Å²) < 4.78 is 2.20. The van der Waals surface area contributed by atoms with Crippen LogP contribution in [0.5, 0.6) is 0 Å². The molecule has 1 heterocycles. The average molecular weight is 251 g/mol. The normalized spacial score (nSPS) is 13.2. The Bertz CT molecular complexity index is 342. The van der Waals surface area contributed by atoms with Gasteiger partial charge in [0.25, 0.3) is 0 Å². The van der Waals surface area contributed by atoms with Crippen LogP contribution >= 0.6 is 0 Å². The fraction of sp³-hybridized carbons (Fsp3) is 0.800. The summed E-state index contributed by atoms with van der Waals surface area (Å²) in [5.74, 6) is 0.635. The Labute approximate surface area is 112 Å². The second-order valence-electron chi connectivity index (χ2n) is 5.32. The van der Waals surface area contributed by atoms with E-state index in [2.05, 4.69) is 50.7 Å². The Balaban J connectivity index is 2.75. The molecule has 0 spiro atoms. The maximum absolute atomic E-state index is 4.71. The van der Waals surface area contributed by atoms with Gasteiger partial charge in [-0.2, -0.15) is 5.10 Å². The predicted octanol–water partition coefficient (Wildman–Crippen LogP) is 3.03. The lowest BCUT2D eigenvalue weighted by atomic mass is 10.0. The van der Waals surface area contributed by atoms with Crippen molar-refractivity contribution < 1.29 is 0 Å². The van der Waals surface area contributed by atoms with Crippen LogP contribution < -0.4 is 5.32 Å². The number of hydrogen-bond donors (Lipinski definition) is 1. The fourth-order valence-electron chi connectivity index (χ4n) is 2.16. The van der Waals surface area contributed by atoms with Crippen molar-refractivity contribution in [3.8, 4) is 0 Å². The third kappa shape index (κ3) is 4.13. The van der Waals surface area contributed by atoms with Gasteiger partial charge in [0, 0.05) is 11.7 Å². The monoisotopic (exact) mass is 251 g/mol. The molecule has 104 valence electrons. The van der Waals surface area contributed by atoms with Gasteiger partial charge in [0.05, 0.1) is 12.2 Å². The molecule has 1 unspecified atom stereocenters. The zero-order valence-corrected chi connectivity index (χ0v) is 12.7. The molecule has 1 N–H and O–H groups in total. The molecule has 1 rings (SSSR count). The van der Waals surface area contributed by atoms with Crippen molar-refractivity contribution in [2.75, 3.05) is 6.54 Å². The molecule has 0 radical (unpaired) electrons. The standard InChI is InChI=1S/C15H29N3/c1-6-9-16-15(12(4)5)11-18-14(8-3)10-13(7-2)17-18/h10,12,15-16H,6-9,11H2,1-5H3. The quantitative estimate of drug-likeness (QED) is 0.769. The second-order valence-corrected chi connectivity index (χ2v) is 5.32. The zero-order valence-electron chi connectivity index (χ0n) is 12.7. The summed E-state index contributed by atoms with van der Waals surface area (Å²) in [7, 11) is 0. The molecule has 0 fully saturated rings. The predicted molar refractivity (Wildman–Crippen MR) is 77.9 cm³/mol. The number of rotatable bonds is 8. The number of nitrogens with zero attached hydrogens (tertiary/aromatic N) is 2. The molecule has 0 amide bonds. The minimum atomic E-state index is 0.514. The van der Waals surface area contributed by atoms with Crippen LogP contribution in [0.2, 0.25) is 0 Å². The van der Waals surface area contributed by atoms with E-state index in [1.165, 1.54) is 17.8 Å². The van der Waals surface area contributed by atoms with E-state index in [1.54, 1.807) is 0 Å². The van der Waals surface area contributed by atoms with Crippen molar-refractivity contribution in [3.05, 3.63) is 17.5 Å². The highest BCUT2D eigenvalue weighted by Gasteiger charge is 2.15. The maximum Gasteiger partial charge on any atom is 0.0624 e. The van der Waals surface area contributed by atoms with Crippen molar-refractivity contribution in [2.24, 2.45) is 5.92 Å². The minimum absolute atomic E-state index is 0.514. The zero-order chi connectivity index (χ0) is 13.5. The van der Waals surface area contributed by atoms with Crippen LogP contribution in [-0.4, -0.2) is 22.4 Å². The topological polar surface area (TPSA) is 29.9 Å². The molecule has 3 heteroatoms. The number of aryl methyl sites for hydroxylation is 2. The van der Waals surface area contributed by atoms with Crippen LogP contribution in [0.15, 0.2) is 6.07 Å². The van der Waals surface area contributed by atoms with Gasteiger partial charge in [-0.05, 0) is 37.8 Å². The number of nitrogens with one attached hydrogen (secondary N) is 1. The number of aromatic nitrogens is 2. The molecule has 1 aromatic rings. The van der Waals surface area contributed by atoms with Crippen LogP contribution in [0.1, 0.15) is 52.4 Å². The molecule has 0 aromatic carbocycles. The van der Waals surface area contributed by atoms with Gasteiger partial charge in [0.15, 0.2) is 0 Å². The third-order valence-corrected chi connectivity index (χ3v) is 3.47. The van der Waals surface area contributed by atoms with Gasteiger partial charge in [-0.3, -0.25) is 4.68 Å². The molecular formula is C15H29N3. The molecule has 1 aromatic heterocycles. The molecule has 3 nitrogen and oxygen atoms in total. The highest BCUT2D eigenvalue weighted by atomic mass is 15.3. The SMILES string of the molecule is CCCNC(Cn1nc(CC)cc1CC)C(C)C. The van der Waals surface area contributed by atoms with Crippen LogP contribution in [0.25, 0.3) is 0 Å². The Morgan fingerprint density at radius 2 is 1.94 bits per heavy atom. The summed E-state index contributed by atoms with van der Waals surface area (Å²) >= 11 is 0. The van der Waals surface area contributed by atoms with Gasteiger partial charge >= 0.3 is 0 Å². The third-order valence-electron chi connectivity index (χ3n) is 3.47. The first kappa shape index (κ1) is 15.2. The van der Waals surface area contributed by atoms with E-state index in [0.29, 0.717) is 12.0 Å². The molecule has 0 aliphatic carbocycles. The van der Waals surface area contributed by atoms with E-state index in [0.717, 1.165) is 25.9 Å². The summed E-state index contributed by atoms with van der Waals surface area (Å²) in [6.45, 7) is 13.2. The number of hydrogen-bond acceptors (Lipinski definition) is 2. The Morgan fingerprint density at radius 1 is 1.22 bits per heavy atom. The summed E-state index contributed by atoms with van der Waals surface area (Å²) in [6.07, 6.45) is 3.27. The minimum Gasteiger partial charge on any atom is -0.312 e. The van der Waals surface area contributed by atoms with Crippen molar-refractivity contribution >= 4 is 0 Å². The Morgan fingerprint density at radius 3 is 2.44 bits per heavy atom. The van der Waals surface area contributed by atoms with Gasteiger partial charge in [-0.15, -0.1) is 0 Å². The lowest BCUT2D eigenvalue weighted by molar-refractivity contribution is 0.338. The molecule has 1 atom stereocenters. The summed E-state index contributed by atoms with van der Waals surface area (Å²) in [6, 6.07) is 2.76. The van der Waals surface area contributed by atoms with Crippen LogP contribution in [0.4, 0.5) is 0 Å². The first-order valence-corrected chi connectivity index (χ1v) is 7.41. The van der Waals surface area contributed by atoms with Crippen LogP contribution in [0, 0.1) is 5.92 Å². The van der Waals surface area contributed by atoms with Gasteiger partial charge in [-0.25, -0.2) is 0 Å². The Kier molecular flexibility index (Phi) is 6.41. The molecule has 0 saturated heterocycles. The maximum atomic E-state index is 4.71. The first-order valence-electron chi connectivity index (χ1n) is 7.41. The van der Waals surface area contributed by atoms with Gasteiger partial charge < -0.3 is 5.32 Å². The van der Waals surface area contributed by atoms with E-state index < -0.39 is 0 Å². The molecule has 0 aliphatic rings. The van der Waals surface area contributed by atoms with E-state index >= 15 is 0 Å². The van der Waals surface area contributed by atoms with Gasteiger partial charge in [0.2, 0.25) is 0 Å². The van der Waals surface area contributed by atoms with E-state index in [1.807, 2.05) is 0 Å². The van der Waals surface area contributed by atoms with E-state index in [-0.39, 0.29) is 0 Å². The second kappa shape index (κ2) is 7.57. The highest BCUT2D eigenvalue weighted by Crippen LogP contribution is 2.10. The molecule has 0 saturated carbocycles. The van der Waals surface area contributed by atoms with E-state index in [9.17, 15) is 0 Å². The van der Waals surface area contributed by atoms with Crippen molar-refractivity contribution in [1.82, 2.24) is 15.1 Å². The van der Waals surface area contributed by atoms with Crippen LogP contribution in [-0.2, 0) is 19.4 Å². The average Bonchev–Trinajstić information content (AvgIpc) is 2.76. The molecular weight excluding hydrogens is 222 g/mol. The largest absolute Gasteiger partial charge is 0.312 e. The van der Waals surface area contributed by atoms with Crippen molar-refractivity contribution in [3.63, 3.8) is 0 Å². The smallest absolute Gasteiger partial charge is 0.0624 e. The van der Waals surface area contributed by atoms with Gasteiger partial charge in [-0.1, -0.05) is 34.6 Å². The molecule has 0 bridgehead atoms. The first-order chi connectivity index (χ1) is 8.62. The van der Waals surface area contributed by atoms with E-state index in [4.69, 9.17) is 5.10 Å². The molecule has 0 aliphatic heterocycles. The summed E-state index contributed by atoms with van der Waals surface area (Å²) in [5.41, 5.74) is 2.57. The van der Waals surface area contributed by atoms with Crippen molar-refractivity contribution in [1.29, 1.82) is 0 Å². The highest BCUT2D eigenvalue weighted by molar-refractivity contribution is 5.10. The van der Waals surface area contributed by atoms with Crippen molar-refractivity contribution in [2.45, 2.75) is 66.5 Å². The lowest BCUT2D eigenvalue weighted by Gasteiger charge is -2.23. The summed E-state index contributed by atoms with van der Waals surface area (Å²) in [4.78, 5) is 0. The molecule has 18 heavy (non-hydrogen) atoms. The Hall–Kier alpha value is -0.830. The lowest BCUT2D eigenvalue weighted by Crippen LogP contribution is -2.38. The van der Waals surface area contributed by atoms with Crippen LogP contribution in [0.3, 0.4) is 0 Å². The summed E-state index contributed by atoms with van der Waals surface area (Å²) in [5, 5.41) is 8.34.